The third kappa shape index (κ3) is 10.1. The van der Waals surface area contributed by atoms with E-state index in [1.807, 2.05) is 0 Å². The van der Waals surface area contributed by atoms with Crippen LogP contribution in [0.15, 0.2) is 0 Å². The summed E-state index contributed by atoms with van der Waals surface area (Å²) in [4.78, 5) is 11.1. The number of carbonyl (C=O) groups excluding carboxylic acids is 1. The van der Waals surface area contributed by atoms with Crippen LogP contribution in [0.5, 0.6) is 0 Å². The predicted molar refractivity (Wildman–Crippen MR) is 63.2 cm³/mol. The van der Waals surface area contributed by atoms with Gasteiger partial charge in [-0.3, -0.25) is 4.79 Å². The molecule has 3 heteroatoms. The maximum atomic E-state index is 11.1. The standard InChI is InChI=1S/C10H19IO2/c1-2-3-9-13-10(12)7-5-4-6-8-11/h2-9H2,1H3. The number of ether oxygens (including phenoxy) is 1. The summed E-state index contributed by atoms with van der Waals surface area (Å²) < 4.78 is 6.21. The van der Waals surface area contributed by atoms with Crippen LogP contribution < -0.4 is 0 Å². The zero-order valence-corrected chi connectivity index (χ0v) is 10.5. The van der Waals surface area contributed by atoms with Crippen molar-refractivity contribution in [1.82, 2.24) is 0 Å². The van der Waals surface area contributed by atoms with Crippen molar-refractivity contribution in [2.75, 3.05) is 11.0 Å². The number of alkyl halides is 1. The Morgan fingerprint density at radius 1 is 1.23 bits per heavy atom. The van der Waals surface area contributed by atoms with Crippen molar-refractivity contribution in [1.29, 1.82) is 0 Å². The third-order valence-electron chi connectivity index (χ3n) is 1.78. The Bertz CT molecular complexity index is 126. The van der Waals surface area contributed by atoms with Crippen molar-refractivity contribution < 1.29 is 9.53 Å². The molecule has 0 N–H and O–H groups in total. The Morgan fingerprint density at radius 3 is 2.62 bits per heavy atom. The van der Waals surface area contributed by atoms with Crippen molar-refractivity contribution in [3.63, 3.8) is 0 Å². The Kier molecular flexibility index (Phi) is 10.4. The minimum Gasteiger partial charge on any atom is -0.466 e. The molecule has 0 aromatic heterocycles. The lowest BCUT2D eigenvalue weighted by Gasteiger charge is -2.02. The number of rotatable bonds is 8. The fraction of sp³-hybridized carbons (Fsp3) is 0.900. The third-order valence-corrected chi connectivity index (χ3v) is 2.54. The van der Waals surface area contributed by atoms with E-state index < -0.39 is 0 Å². The summed E-state index contributed by atoms with van der Waals surface area (Å²) in [7, 11) is 0. The highest BCUT2D eigenvalue weighted by Gasteiger charge is 2.00. The Hall–Kier alpha value is 0.200. The molecule has 0 unspecified atom stereocenters. The molecule has 0 amide bonds. The van der Waals surface area contributed by atoms with Gasteiger partial charge in [0.1, 0.15) is 0 Å². The number of halogens is 1. The monoisotopic (exact) mass is 298 g/mol. The van der Waals surface area contributed by atoms with Gasteiger partial charge in [0.15, 0.2) is 0 Å². The first kappa shape index (κ1) is 13.2. The SMILES string of the molecule is CCCCOC(=O)CCCCCI. The number of hydrogen-bond acceptors (Lipinski definition) is 2. The summed E-state index contributed by atoms with van der Waals surface area (Å²) >= 11 is 2.36. The van der Waals surface area contributed by atoms with Gasteiger partial charge in [-0.05, 0) is 23.7 Å². The Morgan fingerprint density at radius 2 is 2.00 bits per heavy atom. The first-order valence-corrected chi connectivity index (χ1v) is 6.55. The molecule has 0 aromatic rings. The topological polar surface area (TPSA) is 26.3 Å². The van der Waals surface area contributed by atoms with E-state index in [4.69, 9.17) is 4.74 Å². The van der Waals surface area contributed by atoms with Gasteiger partial charge in [-0.15, -0.1) is 0 Å². The largest absolute Gasteiger partial charge is 0.466 e. The van der Waals surface area contributed by atoms with Crippen LogP contribution in [0.4, 0.5) is 0 Å². The minimum atomic E-state index is -0.0260. The van der Waals surface area contributed by atoms with E-state index in [2.05, 4.69) is 29.5 Å². The maximum Gasteiger partial charge on any atom is 0.305 e. The minimum absolute atomic E-state index is 0.0260. The molecule has 0 bridgehead atoms. The molecule has 0 spiro atoms. The summed E-state index contributed by atoms with van der Waals surface area (Å²) in [6.07, 6.45) is 6.00. The van der Waals surface area contributed by atoms with E-state index in [0.29, 0.717) is 13.0 Å². The average Bonchev–Trinajstić information content (AvgIpc) is 2.13. The second-order valence-corrected chi connectivity index (χ2v) is 4.15. The highest BCUT2D eigenvalue weighted by Crippen LogP contribution is 2.03. The molecule has 0 rings (SSSR count). The van der Waals surface area contributed by atoms with Gasteiger partial charge in [0, 0.05) is 6.42 Å². The summed E-state index contributed by atoms with van der Waals surface area (Å²) in [5, 5.41) is 0. The molecule has 0 saturated carbocycles. The lowest BCUT2D eigenvalue weighted by atomic mass is 10.2. The average molecular weight is 298 g/mol. The molecule has 0 aliphatic heterocycles. The highest BCUT2D eigenvalue weighted by atomic mass is 127. The van der Waals surface area contributed by atoms with Gasteiger partial charge in [-0.25, -0.2) is 0 Å². The van der Waals surface area contributed by atoms with E-state index in [-0.39, 0.29) is 5.97 Å². The summed E-state index contributed by atoms with van der Waals surface area (Å²) in [6.45, 7) is 2.69. The molecule has 0 atom stereocenters. The van der Waals surface area contributed by atoms with Crippen molar-refractivity contribution >= 4 is 28.6 Å². The van der Waals surface area contributed by atoms with Crippen LogP contribution in [-0.2, 0) is 9.53 Å². The van der Waals surface area contributed by atoms with Gasteiger partial charge in [0.2, 0.25) is 0 Å². The van der Waals surface area contributed by atoms with Crippen LogP contribution in [0.3, 0.4) is 0 Å². The van der Waals surface area contributed by atoms with Gasteiger partial charge in [-0.2, -0.15) is 0 Å². The van der Waals surface area contributed by atoms with Crippen LogP contribution in [0.2, 0.25) is 0 Å². The van der Waals surface area contributed by atoms with Gasteiger partial charge >= 0.3 is 5.97 Å². The molecule has 78 valence electrons. The van der Waals surface area contributed by atoms with Crippen LogP contribution in [-0.4, -0.2) is 17.0 Å². The molecule has 0 heterocycles. The van der Waals surface area contributed by atoms with E-state index in [9.17, 15) is 4.79 Å². The molecule has 0 radical (unpaired) electrons. The van der Waals surface area contributed by atoms with Crippen molar-refractivity contribution in [3.05, 3.63) is 0 Å². The van der Waals surface area contributed by atoms with Crippen molar-refractivity contribution in [2.45, 2.75) is 45.4 Å². The molecule has 2 nitrogen and oxygen atoms in total. The molecule has 0 aromatic carbocycles. The molecular weight excluding hydrogens is 279 g/mol. The fourth-order valence-corrected chi connectivity index (χ4v) is 1.48. The van der Waals surface area contributed by atoms with Crippen LogP contribution in [0.25, 0.3) is 0 Å². The molecular formula is C10H19IO2. The number of hydrogen-bond donors (Lipinski definition) is 0. The predicted octanol–water partition coefficient (Wildman–Crippen LogP) is 3.33. The smallest absolute Gasteiger partial charge is 0.305 e. The summed E-state index contributed by atoms with van der Waals surface area (Å²) in [5.74, 6) is -0.0260. The first-order chi connectivity index (χ1) is 6.31. The first-order valence-electron chi connectivity index (χ1n) is 5.02. The molecule has 0 saturated heterocycles. The van der Waals surface area contributed by atoms with Crippen LogP contribution in [0.1, 0.15) is 45.4 Å². The molecule has 0 fully saturated rings. The summed E-state index contributed by atoms with van der Waals surface area (Å²) in [5.41, 5.74) is 0. The molecule has 0 aliphatic rings. The number of esters is 1. The molecule has 13 heavy (non-hydrogen) atoms. The highest BCUT2D eigenvalue weighted by molar-refractivity contribution is 14.1. The Balaban J connectivity index is 3.11. The lowest BCUT2D eigenvalue weighted by Crippen LogP contribution is -2.05. The van der Waals surface area contributed by atoms with Gasteiger partial charge in [-0.1, -0.05) is 42.4 Å². The van der Waals surface area contributed by atoms with E-state index in [1.54, 1.807) is 0 Å². The van der Waals surface area contributed by atoms with E-state index >= 15 is 0 Å². The van der Waals surface area contributed by atoms with Gasteiger partial charge in [0.05, 0.1) is 6.61 Å². The second-order valence-electron chi connectivity index (χ2n) is 3.07. The van der Waals surface area contributed by atoms with Crippen LogP contribution >= 0.6 is 22.6 Å². The normalized spacial score (nSPS) is 10.0. The van der Waals surface area contributed by atoms with Gasteiger partial charge in [0.25, 0.3) is 0 Å². The quantitative estimate of drug-likeness (QED) is 0.297. The zero-order chi connectivity index (χ0) is 9.94. The van der Waals surface area contributed by atoms with Crippen molar-refractivity contribution in [2.24, 2.45) is 0 Å². The number of unbranched alkanes of at least 4 members (excludes halogenated alkanes) is 3. The van der Waals surface area contributed by atoms with Gasteiger partial charge < -0.3 is 4.74 Å². The number of carbonyl (C=O) groups is 1. The Labute approximate surface area is 94.6 Å². The maximum absolute atomic E-state index is 11.1. The fourth-order valence-electron chi connectivity index (χ4n) is 0.943. The zero-order valence-electron chi connectivity index (χ0n) is 8.35. The second kappa shape index (κ2) is 10.3. The van der Waals surface area contributed by atoms with Crippen molar-refractivity contribution in [3.8, 4) is 0 Å². The van der Waals surface area contributed by atoms with E-state index in [1.165, 1.54) is 10.8 Å². The van der Waals surface area contributed by atoms with Crippen LogP contribution in [0, 0.1) is 0 Å². The lowest BCUT2D eigenvalue weighted by molar-refractivity contribution is -0.143. The summed E-state index contributed by atoms with van der Waals surface area (Å²) in [6, 6.07) is 0. The molecule has 0 aliphatic carbocycles. The van der Waals surface area contributed by atoms with E-state index in [0.717, 1.165) is 25.7 Å².